The Labute approximate surface area is 180 Å². The minimum Gasteiger partial charge on any atom is -0.342 e. The molecule has 3 rings (SSSR count). The van der Waals surface area contributed by atoms with Crippen molar-refractivity contribution in [2.45, 2.75) is 78.7 Å². The molecule has 0 aliphatic carbocycles. The number of unbranched alkanes of at least 4 members (excludes halogenated alkanes) is 1. The van der Waals surface area contributed by atoms with Gasteiger partial charge in [0, 0.05) is 32.0 Å². The Morgan fingerprint density at radius 1 is 1.13 bits per heavy atom. The van der Waals surface area contributed by atoms with Crippen molar-refractivity contribution >= 4 is 16.8 Å². The molecule has 0 saturated carbocycles. The van der Waals surface area contributed by atoms with E-state index < -0.39 is 0 Å². The van der Waals surface area contributed by atoms with E-state index in [2.05, 4.69) is 25.7 Å². The van der Waals surface area contributed by atoms with Crippen molar-refractivity contribution < 1.29 is 4.79 Å². The molecule has 0 bridgehead atoms. The molecule has 1 amide bonds. The van der Waals surface area contributed by atoms with Crippen LogP contribution in [-0.4, -0.2) is 33.4 Å². The fourth-order valence-corrected chi connectivity index (χ4v) is 4.62. The molecule has 1 unspecified atom stereocenters. The third-order valence-electron chi connectivity index (χ3n) is 6.53. The van der Waals surface area contributed by atoms with Crippen molar-refractivity contribution in [1.82, 2.24) is 14.5 Å². The average Bonchev–Trinajstić information content (AvgIpc) is 2.77. The van der Waals surface area contributed by atoms with Crippen molar-refractivity contribution in [3.8, 4) is 0 Å². The van der Waals surface area contributed by atoms with Crippen LogP contribution in [0.2, 0.25) is 0 Å². The summed E-state index contributed by atoms with van der Waals surface area (Å²) in [5, 5.41) is 0.701. The summed E-state index contributed by atoms with van der Waals surface area (Å²) in [4.78, 5) is 32.9. The summed E-state index contributed by atoms with van der Waals surface area (Å²) in [6.07, 6.45) is 7.89. The molecule has 2 heterocycles. The van der Waals surface area contributed by atoms with Gasteiger partial charge in [0.1, 0.15) is 5.82 Å². The van der Waals surface area contributed by atoms with Gasteiger partial charge >= 0.3 is 0 Å². The normalized spacial score (nSPS) is 16.2. The minimum atomic E-state index is 0.0770. The van der Waals surface area contributed by atoms with E-state index in [1.54, 1.807) is 0 Å². The van der Waals surface area contributed by atoms with Crippen LogP contribution >= 0.6 is 0 Å². The number of carbonyl (C=O) groups is 1. The molecule has 164 valence electrons. The minimum absolute atomic E-state index is 0.0770. The van der Waals surface area contributed by atoms with E-state index >= 15 is 0 Å². The summed E-state index contributed by atoms with van der Waals surface area (Å²) in [7, 11) is 0. The lowest BCUT2D eigenvalue weighted by atomic mass is 9.93. The predicted octanol–water partition coefficient (Wildman–Crippen LogP) is 4.80. The second kappa shape index (κ2) is 10.7. The van der Waals surface area contributed by atoms with Gasteiger partial charge in [-0.25, -0.2) is 4.98 Å². The zero-order chi connectivity index (χ0) is 21.5. The second-order valence-corrected chi connectivity index (χ2v) is 8.73. The van der Waals surface area contributed by atoms with Crippen LogP contribution in [-0.2, 0) is 17.8 Å². The van der Waals surface area contributed by atoms with Gasteiger partial charge in [-0.15, -0.1) is 0 Å². The maximum atomic E-state index is 13.2. The number of hydrogen-bond donors (Lipinski definition) is 0. The fraction of sp³-hybridized carbons (Fsp3) is 0.640. The number of rotatable bonds is 9. The predicted molar refractivity (Wildman–Crippen MR) is 123 cm³/mol. The molecule has 1 atom stereocenters. The number of carbonyl (C=O) groups excluding carboxylic acids is 1. The highest BCUT2D eigenvalue weighted by molar-refractivity contribution is 5.79. The summed E-state index contributed by atoms with van der Waals surface area (Å²) in [5.41, 5.74) is 0.869. The highest BCUT2D eigenvalue weighted by atomic mass is 16.2. The summed E-state index contributed by atoms with van der Waals surface area (Å²) in [6, 6.07) is 7.64. The van der Waals surface area contributed by atoms with Crippen LogP contribution in [0.15, 0.2) is 29.1 Å². The zero-order valence-corrected chi connectivity index (χ0v) is 18.9. The quantitative estimate of drug-likeness (QED) is 0.595. The Morgan fingerprint density at radius 2 is 1.87 bits per heavy atom. The first kappa shape index (κ1) is 22.5. The molecule has 1 aliphatic heterocycles. The van der Waals surface area contributed by atoms with Gasteiger partial charge in [0.15, 0.2) is 0 Å². The number of benzene rings is 1. The molecule has 1 saturated heterocycles. The number of hydrogen-bond acceptors (Lipinski definition) is 3. The first-order chi connectivity index (χ1) is 14.6. The van der Waals surface area contributed by atoms with Crippen molar-refractivity contribution in [3.05, 3.63) is 40.4 Å². The molecule has 1 aromatic heterocycles. The number of aryl methyl sites for hydroxylation is 1. The number of amides is 1. The van der Waals surface area contributed by atoms with Crippen LogP contribution in [0.5, 0.6) is 0 Å². The smallest absolute Gasteiger partial charge is 0.261 e. The van der Waals surface area contributed by atoms with Gasteiger partial charge < -0.3 is 4.90 Å². The number of para-hydroxylation sites is 1. The lowest BCUT2D eigenvalue weighted by Crippen LogP contribution is -2.43. The third-order valence-corrected chi connectivity index (χ3v) is 6.53. The fourth-order valence-electron chi connectivity index (χ4n) is 4.62. The van der Waals surface area contributed by atoms with Gasteiger partial charge in [-0.3, -0.25) is 14.2 Å². The van der Waals surface area contributed by atoms with E-state index in [0.29, 0.717) is 23.8 Å². The molecule has 0 N–H and O–H groups in total. The Hall–Kier alpha value is -2.17. The standard InChI is InChI=1S/C25H37N3O2/c1-4-7-11-20(6-3)24(29)27-16-14-19(15-17-27)18-28-23(10-5-2)26-22-13-9-8-12-21(22)25(28)30/h8-9,12-13,19-20H,4-7,10-11,14-18H2,1-3H3. The number of fused-ring (bicyclic) bond motifs is 1. The van der Waals surface area contributed by atoms with E-state index in [9.17, 15) is 9.59 Å². The van der Waals surface area contributed by atoms with Gasteiger partial charge in [0.05, 0.1) is 10.9 Å². The topological polar surface area (TPSA) is 55.2 Å². The van der Waals surface area contributed by atoms with E-state index in [1.165, 1.54) is 0 Å². The van der Waals surface area contributed by atoms with Crippen molar-refractivity contribution in [1.29, 1.82) is 0 Å². The molecule has 5 heteroatoms. The maximum Gasteiger partial charge on any atom is 0.261 e. The molecule has 1 aliphatic rings. The molecule has 1 aromatic carbocycles. The van der Waals surface area contributed by atoms with Crippen molar-refractivity contribution in [2.24, 2.45) is 11.8 Å². The highest BCUT2D eigenvalue weighted by Gasteiger charge is 2.27. The summed E-state index contributed by atoms with van der Waals surface area (Å²) in [5.74, 6) is 1.82. The zero-order valence-electron chi connectivity index (χ0n) is 18.9. The first-order valence-electron chi connectivity index (χ1n) is 11.9. The lowest BCUT2D eigenvalue weighted by Gasteiger charge is -2.34. The van der Waals surface area contributed by atoms with Crippen LogP contribution in [0.1, 0.15) is 71.5 Å². The summed E-state index contributed by atoms with van der Waals surface area (Å²) >= 11 is 0. The van der Waals surface area contributed by atoms with Crippen molar-refractivity contribution in [2.75, 3.05) is 13.1 Å². The van der Waals surface area contributed by atoms with Crippen LogP contribution < -0.4 is 5.56 Å². The molecule has 5 nitrogen and oxygen atoms in total. The van der Waals surface area contributed by atoms with E-state index in [1.807, 2.05) is 28.8 Å². The van der Waals surface area contributed by atoms with Crippen LogP contribution in [0.25, 0.3) is 10.9 Å². The molecule has 0 radical (unpaired) electrons. The number of piperidine rings is 1. The molecular weight excluding hydrogens is 374 g/mol. The van der Waals surface area contributed by atoms with Crippen LogP contribution in [0, 0.1) is 11.8 Å². The maximum absolute atomic E-state index is 13.2. The lowest BCUT2D eigenvalue weighted by molar-refractivity contribution is -0.137. The monoisotopic (exact) mass is 411 g/mol. The van der Waals surface area contributed by atoms with Gasteiger partial charge in [0.2, 0.25) is 5.91 Å². The van der Waals surface area contributed by atoms with Gasteiger partial charge in [-0.1, -0.05) is 45.7 Å². The SMILES string of the molecule is CCCCC(CC)C(=O)N1CCC(Cn2c(CCC)nc3ccccc3c2=O)CC1. The van der Waals surface area contributed by atoms with Gasteiger partial charge in [-0.05, 0) is 50.2 Å². The number of nitrogens with zero attached hydrogens (tertiary/aromatic N) is 3. The Balaban J connectivity index is 1.69. The van der Waals surface area contributed by atoms with E-state index in [-0.39, 0.29) is 11.5 Å². The molecule has 1 fully saturated rings. The molecule has 30 heavy (non-hydrogen) atoms. The van der Waals surface area contributed by atoms with E-state index in [4.69, 9.17) is 4.98 Å². The van der Waals surface area contributed by atoms with Crippen LogP contribution in [0.3, 0.4) is 0 Å². The number of aromatic nitrogens is 2. The Kier molecular flexibility index (Phi) is 8.06. The molecule has 2 aromatic rings. The Bertz CT molecular complexity index is 897. The van der Waals surface area contributed by atoms with Crippen molar-refractivity contribution in [3.63, 3.8) is 0 Å². The highest BCUT2D eigenvalue weighted by Crippen LogP contribution is 2.24. The average molecular weight is 412 g/mol. The summed E-state index contributed by atoms with van der Waals surface area (Å²) < 4.78 is 1.91. The van der Waals surface area contributed by atoms with E-state index in [0.717, 1.165) is 75.8 Å². The third kappa shape index (κ3) is 5.11. The largest absolute Gasteiger partial charge is 0.342 e. The van der Waals surface area contributed by atoms with Gasteiger partial charge in [0.25, 0.3) is 5.56 Å². The Morgan fingerprint density at radius 3 is 2.53 bits per heavy atom. The molecular formula is C25H37N3O2. The summed E-state index contributed by atoms with van der Waals surface area (Å²) in [6.45, 7) is 8.76. The number of likely N-dealkylation sites (tertiary alicyclic amines) is 1. The first-order valence-corrected chi connectivity index (χ1v) is 11.9. The second-order valence-electron chi connectivity index (χ2n) is 8.73. The molecule has 0 spiro atoms. The van der Waals surface area contributed by atoms with Crippen LogP contribution in [0.4, 0.5) is 0 Å². The van der Waals surface area contributed by atoms with Gasteiger partial charge in [-0.2, -0.15) is 0 Å².